The van der Waals surface area contributed by atoms with Crippen molar-refractivity contribution in [2.45, 2.75) is 0 Å². The van der Waals surface area contributed by atoms with Gasteiger partial charge >= 0.3 is 61.1 Å². The van der Waals surface area contributed by atoms with Crippen molar-refractivity contribution in [2.24, 2.45) is 0 Å². The summed E-state index contributed by atoms with van der Waals surface area (Å²) in [4.78, 5) is 0. The van der Waals surface area contributed by atoms with Gasteiger partial charge in [-0.1, -0.05) is 0 Å². The molecule has 0 spiro atoms. The van der Waals surface area contributed by atoms with E-state index in [2.05, 4.69) is 24.3 Å². The van der Waals surface area contributed by atoms with Crippen molar-refractivity contribution in [2.75, 3.05) is 0 Å². The maximum atomic E-state index is 2.15. The molecule has 38 valence electrons. The van der Waals surface area contributed by atoms with E-state index in [4.69, 9.17) is 0 Å². The molecule has 0 fully saturated rings. The standard InChI is InChI=1S/C6H5.ClH.Na/c1-2-4-6-5-3-1;;/h1-5H;1H;. The molecule has 1 aromatic rings. The molecule has 0 radical (unpaired) electrons. The number of halogens is 1. The first-order chi connectivity index (χ1) is 3.39. The average Bonchev–Trinajstić information content (AvgIpc) is 1.69. The second-order valence-corrected chi connectivity index (χ2v) is 2.81. The normalized spacial score (nSPS) is 7.75. The number of rotatable bonds is 0. The van der Waals surface area contributed by atoms with Crippen LogP contribution < -0.4 is 2.81 Å². The Morgan fingerprint density at radius 1 is 1.00 bits per heavy atom. The van der Waals surface area contributed by atoms with Gasteiger partial charge in [0.05, 0.1) is 0 Å². The molecule has 0 heterocycles. The third-order valence-corrected chi connectivity index (χ3v) is 1.61. The monoisotopic (exact) mass is 136 g/mol. The van der Waals surface area contributed by atoms with Crippen LogP contribution in [0.1, 0.15) is 0 Å². The van der Waals surface area contributed by atoms with Crippen LogP contribution in [0.15, 0.2) is 30.3 Å². The molecular weight excluding hydrogens is 131 g/mol. The van der Waals surface area contributed by atoms with Gasteiger partial charge in [-0.25, -0.2) is 0 Å². The van der Waals surface area contributed by atoms with Gasteiger partial charge in [0.2, 0.25) is 0 Å². The topological polar surface area (TPSA) is 0 Å². The quantitative estimate of drug-likeness (QED) is 0.465. The molecule has 0 unspecified atom stereocenters. The Labute approximate surface area is 73.1 Å². The van der Waals surface area contributed by atoms with Crippen LogP contribution in [-0.4, -0.2) is 27.9 Å². The van der Waals surface area contributed by atoms with Gasteiger partial charge in [0, 0.05) is 0 Å². The molecule has 0 saturated heterocycles. The van der Waals surface area contributed by atoms with E-state index >= 15 is 0 Å². The predicted molar refractivity (Wildman–Crippen MR) is 39.1 cm³/mol. The summed E-state index contributed by atoms with van der Waals surface area (Å²) in [6.45, 7) is 0. The van der Waals surface area contributed by atoms with Gasteiger partial charge in [-0.3, -0.25) is 0 Å². The van der Waals surface area contributed by atoms with E-state index in [-0.39, 0.29) is 12.4 Å². The third-order valence-electron chi connectivity index (χ3n) is 0.940. The zero-order valence-electron chi connectivity index (χ0n) is 4.79. The van der Waals surface area contributed by atoms with E-state index in [1.807, 2.05) is 6.07 Å². The summed E-state index contributed by atoms with van der Waals surface area (Å²) in [7, 11) is 0. The Balaban J connectivity index is 0.000000490. The van der Waals surface area contributed by atoms with Gasteiger partial charge in [0.1, 0.15) is 0 Å². The van der Waals surface area contributed by atoms with Crippen LogP contribution >= 0.6 is 12.4 Å². The SMILES string of the molecule is Cl.[Na][c]1ccccc1. The first kappa shape index (κ1) is 8.51. The Morgan fingerprint density at radius 2 is 1.50 bits per heavy atom. The van der Waals surface area contributed by atoms with Crippen LogP contribution in [0.25, 0.3) is 0 Å². The van der Waals surface area contributed by atoms with Gasteiger partial charge in [0.25, 0.3) is 0 Å². The van der Waals surface area contributed by atoms with Gasteiger partial charge in [0.15, 0.2) is 0 Å². The summed E-state index contributed by atoms with van der Waals surface area (Å²) in [5.74, 6) is 0. The molecule has 0 aliphatic rings. The Morgan fingerprint density at radius 3 is 1.75 bits per heavy atom. The fraction of sp³-hybridized carbons (Fsp3) is 0. The molecule has 0 amide bonds. The predicted octanol–water partition coefficient (Wildman–Crippen LogP) is 0.902. The molecule has 0 aliphatic carbocycles. The molecular formula is C6H6ClNa. The van der Waals surface area contributed by atoms with Crippen molar-refractivity contribution in [3.05, 3.63) is 30.3 Å². The van der Waals surface area contributed by atoms with Crippen molar-refractivity contribution in [1.82, 2.24) is 0 Å². The van der Waals surface area contributed by atoms with Crippen LogP contribution in [0.2, 0.25) is 0 Å². The van der Waals surface area contributed by atoms with Gasteiger partial charge in [-0.05, 0) is 0 Å². The molecule has 0 N–H and O–H groups in total. The van der Waals surface area contributed by atoms with Crippen LogP contribution in [0.5, 0.6) is 0 Å². The number of hydrogen-bond acceptors (Lipinski definition) is 0. The van der Waals surface area contributed by atoms with Crippen LogP contribution in [0.4, 0.5) is 0 Å². The van der Waals surface area contributed by atoms with Crippen LogP contribution in [-0.2, 0) is 0 Å². The molecule has 0 nitrogen and oxygen atoms in total. The fourth-order valence-electron chi connectivity index (χ4n) is 0.534. The van der Waals surface area contributed by atoms with Gasteiger partial charge < -0.3 is 0 Å². The summed E-state index contributed by atoms with van der Waals surface area (Å²) < 4.78 is 1.46. The first-order valence-electron chi connectivity index (χ1n) is 2.41. The van der Waals surface area contributed by atoms with E-state index in [1.165, 1.54) is 30.7 Å². The van der Waals surface area contributed by atoms with Crippen LogP contribution in [0.3, 0.4) is 0 Å². The van der Waals surface area contributed by atoms with Crippen molar-refractivity contribution < 1.29 is 0 Å². The molecule has 0 bridgehead atoms. The van der Waals surface area contributed by atoms with Gasteiger partial charge in [-0.15, -0.1) is 12.4 Å². The summed E-state index contributed by atoms with van der Waals surface area (Å²) in [6.07, 6.45) is 0. The molecule has 0 saturated carbocycles. The van der Waals surface area contributed by atoms with E-state index < -0.39 is 0 Å². The minimum atomic E-state index is 0. The Bertz CT molecular complexity index is 138. The van der Waals surface area contributed by atoms with Crippen molar-refractivity contribution >= 4 is 43.2 Å². The maximum absolute atomic E-state index is 2.15. The van der Waals surface area contributed by atoms with Crippen molar-refractivity contribution in [3.8, 4) is 0 Å². The molecule has 0 atom stereocenters. The molecule has 8 heavy (non-hydrogen) atoms. The zero-order chi connectivity index (χ0) is 5.11. The zero-order valence-corrected chi connectivity index (χ0v) is 7.61. The fourth-order valence-corrected chi connectivity index (χ4v) is 0.919. The Hall–Kier alpha value is 0.510. The average molecular weight is 137 g/mol. The second-order valence-electron chi connectivity index (χ2n) is 1.65. The molecule has 0 aliphatic heterocycles. The summed E-state index contributed by atoms with van der Waals surface area (Å²) in [5.41, 5.74) is 0. The van der Waals surface area contributed by atoms with E-state index in [0.29, 0.717) is 0 Å². The number of benzene rings is 1. The van der Waals surface area contributed by atoms with E-state index in [0.717, 1.165) is 0 Å². The number of hydrogen-bond donors (Lipinski definition) is 0. The summed E-state index contributed by atoms with van der Waals surface area (Å²) >= 11 is 1.17. The van der Waals surface area contributed by atoms with Gasteiger partial charge in [-0.2, -0.15) is 0 Å². The third kappa shape index (κ3) is 2.73. The van der Waals surface area contributed by atoms with E-state index in [1.54, 1.807) is 0 Å². The van der Waals surface area contributed by atoms with E-state index in [9.17, 15) is 0 Å². The van der Waals surface area contributed by atoms with Crippen LogP contribution in [0, 0.1) is 0 Å². The molecule has 1 aromatic carbocycles. The molecule has 1 rings (SSSR count). The minimum absolute atomic E-state index is 0. The Kier molecular flexibility index (Phi) is 4.68. The summed E-state index contributed by atoms with van der Waals surface area (Å²) in [6, 6.07) is 10.5. The molecule has 2 heteroatoms. The van der Waals surface area contributed by atoms with Crippen molar-refractivity contribution in [1.29, 1.82) is 0 Å². The first-order valence-corrected chi connectivity index (χ1v) is 3.41. The second kappa shape index (κ2) is 4.39. The van der Waals surface area contributed by atoms with Crippen molar-refractivity contribution in [3.63, 3.8) is 0 Å². The molecule has 0 aromatic heterocycles. The summed E-state index contributed by atoms with van der Waals surface area (Å²) in [5, 5.41) is 0.